The largest absolute Gasteiger partial charge is 0.335 e. The van der Waals surface area contributed by atoms with Gasteiger partial charge in [-0.1, -0.05) is 18.9 Å². The van der Waals surface area contributed by atoms with Crippen molar-refractivity contribution in [3.05, 3.63) is 46.0 Å². The van der Waals surface area contributed by atoms with Crippen LogP contribution in [0, 0.1) is 11.6 Å². The molecule has 2 amide bonds. The molecule has 5 nitrogen and oxygen atoms in total. The number of thiazole rings is 1. The summed E-state index contributed by atoms with van der Waals surface area (Å²) in [4.78, 5) is 19.9. The average molecular weight is 392 g/mol. The highest BCUT2D eigenvalue weighted by atomic mass is 32.1. The Morgan fingerprint density at radius 2 is 2.07 bits per heavy atom. The van der Waals surface area contributed by atoms with Gasteiger partial charge in [0.15, 0.2) is 16.8 Å². The van der Waals surface area contributed by atoms with Gasteiger partial charge in [0.25, 0.3) is 0 Å². The molecule has 1 aromatic carbocycles. The number of hydrogen-bond acceptors (Lipinski definition) is 4. The van der Waals surface area contributed by atoms with Crippen LogP contribution >= 0.6 is 11.3 Å². The minimum atomic E-state index is -0.825. The lowest BCUT2D eigenvalue weighted by atomic mass is 10.1. The van der Waals surface area contributed by atoms with E-state index in [4.69, 9.17) is 0 Å². The van der Waals surface area contributed by atoms with Crippen LogP contribution in [0.2, 0.25) is 0 Å². The summed E-state index contributed by atoms with van der Waals surface area (Å²) in [5.74, 6) is -1.64. The van der Waals surface area contributed by atoms with Gasteiger partial charge in [0, 0.05) is 37.0 Å². The standard InChI is InChI=1S/C19H22F2N4OS/c20-14-6-5-12(9-15(14)21)10-25-8-7-16-17(11-25)27-19(23-16)24-18(26)22-13-3-1-2-4-13/h5-6,9,13H,1-4,7-8,10-11H2,(H2,22,23,24,26). The minimum absolute atomic E-state index is 0.188. The molecule has 0 bridgehead atoms. The first-order chi connectivity index (χ1) is 13.1. The lowest BCUT2D eigenvalue weighted by molar-refractivity contribution is 0.246. The van der Waals surface area contributed by atoms with Gasteiger partial charge in [-0.25, -0.2) is 18.6 Å². The Labute approximate surface area is 160 Å². The Balaban J connectivity index is 1.35. The van der Waals surface area contributed by atoms with Crippen LogP contribution in [0.3, 0.4) is 0 Å². The van der Waals surface area contributed by atoms with Crippen molar-refractivity contribution in [2.75, 3.05) is 11.9 Å². The summed E-state index contributed by atoms with van der Waals surface area (Å²) in [5, 5.41) is 6.47. The quantitative estimate of drug-likeness (QED) is 0.826. The van der Waals surface area contributed by atoms with Crippen LogP contribution in [-0.2, 0) is 19.5 Å². The average Bonchev–Trinajstić information content (AvgIpc) is 3.27. The van der Waals surface area contributed by atoms with Crippen LogP contribution < -0.4 is 10.6 Å². The van der Waals surface area contributed by atoms with Crippen molar-refractivity contribution in [1.82, 2.24) is 15.2 Å². The fourth-order valence-corrected chi connectivity index (χ4v) is 4.77. The topological polar surface area (TPSA) is 57.3 Å². The van der Waals surface area contributed by atoms with Crippen LogP contribution in [0.25, 0.3) is 0 Å². The smallest absolute Gasteiger partial charge is 0.321 e. The Hall–Kier alpha value is -2.06. The molecule has 1 aromatic heterocycles. The van der Waals surface area contributed by atoms with Gasteiger partial charge < -0.3 is 5.32 Å². The highest BCUT2D eigenvalue weighted by molar-refractivity contribution is 7.15. The molecule has 0 unspecified atom stereocenters. The van der Waals surface area contributed by atoms with Crippen LogP contribution in [-0.4, -0.2) is 28.5 Å². The second-order valence-corrected chi connectivity index (χ2v) is 8.26. The number of hydrogen-bond donors (Lipinski definition) is 2. The number of anilines is 1. The lowest BCUT2D eigenvalue weighted by Gasteiger charge is -2.25. The summed E-state index contributed by atoms with van der Waals surface area (Å²) in [6.45, 7) is 2.04. The molecule has 2 aromatic rings. The molecule has 0 atom stereocenters. The highest BCUT2D eigenvalue weighted by Gasteiger charge is 2.23. The maximum Gasteiger partial charge on any atom is 0.321 e. The number of amides is 2. The van der Waals surface area contributed by atoms with E-state index < -0.39 is 11.6 Å². The van der Waals surface area contributed by atoms with Gasteiger partial charge >= 0.3 is 6.03 Å². The van der Waals surface area contributed by atoms with E-state index in [0.717, 1.165) is 48.0 Å². The third kappa shape index (κ3) is 4.44. The zero-order chi connectivity index (χ0) is 18.8. The molecular weight excluding hydrogens is 370 g/mol. The van der Waals surface area contributed by atoms with Gasteiger partial charge in [0.05, 0.1) is 5.69 Å². The fourth-order valence-electron chi connectivity index (χ4n) is 3.72. The van der Waals surface area contributed by atoms with Crippen molar-refractivity contribution in [1.29, 1.82) is 0 Å². The zero-order valence-corrected chi connectivity index (χ0v) is 15.7. The van der Waals surface area contributed by atoms with Crippen molar-refractivity contribution < 1.29 is 13.6 Å². The first kappa shape index (κ1) is 18.3. The summed E-state index contributed by atoms with van der Waals surface area (Å²) < 4.78 is 26.5. The van der Waals surface area contributed by atoms with E-state index in [-0.39, 0.29) is 12.1 Å². The van der Waals surface area contributed by atoms with E-state index in [0.29, 0.717) is 18.2 Å². The second-order valence-electron chi connectivity index (χ2n) is 7.18. The van der Waals surface area contributed by atoms with Crippen LogP contribution in [0.15, 0.2) is 18.2 Å². The number of nitrogens with zero attached hydrogens (tertiary/aromatic N) is 2. The van der Waals surface area contributed by atoms with Gasteiger partial charge in [0.1, 0.15) is 0 Å². The van der Waals surface area contributed by atoms with Crippen LogP contribution in [0.1, 0.15) is 41.8 Å². The molecule has 27 heavy (non-hydrogen) atoms. The van der Waals surface area contributed by atoms with E-state index in [1.54, 1.807) is 6.07 Å². The minimum Gasteiger partial charge on any atom is -0.335 e. The summed E-state index contributed by atoms with van der Waals surface area (Å²) >= 11 is 1.48. The molecule has 0 radical (unpaired) electrons. The summed E-state index contributed by atoms with van der Waals surface area (Å²) in [5.41, 5.74) is 1.76. The maximum absolute atomic E-state index is 13.4. The predicted molar refractivity (Wildman–Crippen MR) is 101 cm³/mol. The molecule has 2 aliphatic rings. The number of fused-ring (bicyclic) bond motifs is 1. The summed E-state index contributed by atoms with van der Waals surface area (Å²) in [6.07, 6.45) is 5.21. The normalized spacial score (nSPS) is 17.7. The molecule has 8 heteroatoms. The highest BCUT2D eigenvalue weighted by Crippen LogP contribution is 2.29. The third-order valence-corrected chi connectivity index (χ3v) is 6.11. The van der Waals surface area contributed by atoms with Crippen molar-refractivity contribution in [3.8, 4) is 0 Å². The Morgan fingerprint density at radius 3 is 2.85 bits per heavy atom. The molecule has 0 saturated heterocycles. The van der Waals surface area contributed by atoms with Gasteiger partial charge in [-0.15, -0.1) is 11.3 Å². The summed E-state index contributed by atoms with van der Waals surface area (Å²) in [7, 11) is 0. The van der Waals surface area contributed by atoms with Crippen molar-refractivity contribution in [2.45, 2.75) is 51.2 Å². The van der Waals surface area contributed by atoms with E-state index in [2.05, 4.69) is 20.5 Å². The maximum atomic E-state index is 13.4. The molecule has 1 fully saturated rings. The van der Waals surface area contributed by atoms with E-state index in [1.807, 2.05) is 0 Å². The molecular formula is C19H22F2N4OS. The number of urea groups is 1. The predicted octanol–water partition coefficient (Wildman–Crippen LogP) is 4.04. The Kier molecular flexibility index (Phi) is 5.36. The Bertz CT molecular complexity index is 835. The van der Waals surface area contributed by atoms with Crippen LogP contribution in [0.4, 0.5) is 18.7 Å². The number of benzene rings is 1. The van der Waals surface area contributed by atoms with Crippen molar-refractivity contribution in [3.63, 3.8) is 0 Å². The molecule has 1 saturated carbocycles. The molecule has 1 aliphatic heterocycles. The first-order valence-electron chi connectivity index (χ1n) is 9.29. The SMILES string of the molecule is O=C(Nc1nc2c(s1)CN(Cc1ccc(F)c(F)c1)CC2)NC1CCCC1. The van der Waals surface area contributed by atoms with Crippen molar-refractivity contribution in [2.24, 2.45) is 0 Å². The Morgan fingerprint density at radius 1 is 1.26 bits per heavy atom. The number of carbonyl (C=O) groups is 1. The number of aromatic nitrogens is 1. The molecule has 2 N–H and O–H groups in total. The number of halogens is 2. The molecule has 2 heterocycles. The van der Waals surface area contributed by atoms with Gasteiger partial charge in [-0.05, 0) is 30.5 Å². The van der Waals surface area contributed by atoms with Crippen LogP contribution in [0.5, 0.6) is 0 Å². The van der Waals surface area contributed by atoms with E-state index in [1.165, 1.54) is 30.2 Å². The number of rotatable bonds is 4. The van der Waals surface area contributed by atoms with Gasteiger partial charge in [0.2, 0.25) is 0 Å². The zero-order valence-electron chi connectivity index (χ0n) is 14.9. The van der Waals surface area contributed by atoms with E-state index >= 15 is 0 Å². The third-order valence-electron chi connectivity index (χ3n) is 5.11. The molecule has 0 spiro atoms. The monoisotopic (exact) mass is 392 g/mol. The van der Waals surface area contributed by atoms with Crippen molar-refractivity contribution >= 4 is 22.5 Å². The van der Waals surface area contributed by atoms with Gasteiger partial charge in [-0.3, -0.25) is 10.2 Å². The molecule has 144 valence electrons. The van der Waals surface area contributed by atoms with Gasteiger partial charge in [-0.2, -0.15) is 0 Å². The molecule has 1 aliphatic carbocycles. The fraction of sp³-hybridized carbons (Fsp3) is 0.474. The lowest BCUT2D eigenvalue weighted by Crippen LogP contribution is -2.36. The van der Waals surface area contributed by atoms with E-state index in [9.17, 15) is 13.6 Å². The summed E-state index contributed by atoms with van der Waals surface area (Å²) in [6, 6.07) is 4.11. The number of nitrogens with one attached hydrogen (secondary N) is 2. The first-order valence-corrected chi connectivity index (χ1v) is 10.1. The second kappa shape index (κ2) is 7.90. The number of carbonyl (C=O) groups excluding carboxylic acids is 1. The molecule has 4 rings (SSSR count).